The number of carbonyl (C=O) groups is 1. The first-order valence-corrected chi connectivity index (χ1v) is 6.41. The lowest BCUT2D eigenvalue weighted by molar-refractivity contribution is 0.0924. The first-order valence-electron chi connectivity index (χ1n) is 5.98. The van der Waals surface area contributed by atoms with E-state index in [4.69, 9.17) is 11.6 Å². The lowest BCUT2D eigenvalue weighted by Gasteiger charge is -2.27. The van der Waals surface area contributed by atoms with Crippen LogP contribution >= 0.6 is 11.6 Å². The van der Waals surface area contributed by atoms with Gasteiger partial charge in [-0.1, -0.05) is 12.8 Å². The Kier molecular flexibility index (Phi) is 4.17. The number of amides is 1. The van der Waals surface area contributed by atoms with Crippen LogP contribution in [0, 0.1) is 11.6 Å². The quantitative estimate of drug-likeness (QED) is 0.824. The molecule has 1 fully saturated rings. The maximum absolute atomic E-state index is 13.4. The van der Waals surface area contributed by atoms with Crippen LogP contribution in [-0.4, -0.2) is 17.3 Å². The fraction of sp³-hybridized carbons (Fsp3) is 0.462. The van der Waals surface area contributed by atoms with Gasteiger partial charge in [-0.3, -0.25) is 4.79 Å². The molecule has 2 unspecified atom stereocenters. The summed E-state index contributed by atoms with van der Waals surface area (Å²) in [4.78, 5) is 11.9. The molecule has 0 bridgehead atoms. The zero-order valence-corrected chi connectivity index (χ0v) is 10.5. The van der Waals surface area contributed by atoms with E-state index >= 15 is 0 Å². The first kappa shape index (κ1) is 13.3. The number of hydrogen-bond donors (Lipinski definition) is 1. The molecule has 1 amide bonds. The minimum absolute atomic E-state index is 0.140. The van der Waals surface area contributed by atoms with Crippen molar-refractivity contribution in [2.75, 3.05) is 0 Å². The summed E-state index contributed by atoms with van der Waals surface area (Å²) in [7, 11) is 0. The van der Waals surface area contributed by atoms with Crippen molar-refractivity contribution < 1.29 is 13.6 Å². The summed E-state index contributed by atoms with van der Waals surface area (Å²) >= 11 is 6.10. The number of alkyl halides is 1. The van der Waals surface area contributed by atoms with Gasteiger partial charge in [-0.05, 0) is 31.0 Å². The molecule has 0 heterocycles. The van der Waals surface area contributed by atoms with Gasteiger partial charge in [-0.25, -0.2) is 8.78 Å². The highest BCUT2D eigenvalue weighted by atomic mass is 35.5. The molecule has 0 saturated heterocycles. The Balaban J connectivity index is 2.09. The molecule has 98 valence electrons. The van der Waals surface area contributed by atoms with Crippen molar-refractivity contribution in [2.45, 2.75) is 37.1 Å². The highest BCUT2D eigenvalue weighted by Crippen LogP contribution is 2.23. The van der Waals surface area contributed by atoms with E-state index in [-0.39, 0.29) is 17.0 Å². The average molecular weight is 274 g/mol. The van der Waals surface area contributed by atoms with Gasteiger partial charge < -0.3 is 5.32 Å². The van der Waals surface area contributed by atoms with Crippen LogP contribution < -0.4 is 5.32 Å². The number of carbonyl (C=O) groups excluding carboxylic acids is 1. The van der Waals surface area contributed by atoms with Crippen LogP contribution in [0.1, 0.15) is 36.0 Å². The summed E-state index contributed by atoms with van der Waals surface area (Å²) in [5.74, 6) is -1.96. The lowest BCUT2D eigenvalue weighted by Crippen LogP contribution is -2.43. The number of hydrogen-bond acceptors (Lipinski definition) is 1. The first-order chi connectivity index (χ1) is 8.58. The molecule has 18 heavy (non-hydrogen) atoms. The van der Waals surface area contributed by atoms with E-state index in [9.17, 15) is 13.6 Å². The molecule has 5 heteroatoms. The van der Waals surface area contributed by atoms with Crippen molar-refractivity contribution in [3.05, 3.63) is 35.4 Å². The number of halogens is 3. The third-order valence-electron chi connectivity index (χ3n) is 3.17. The molecule has 1 N–H and O–H groups in total. The molecule has 0 aliphatic heterocycles. The minimum Gasteiger partial charge on any atom is -0.348 e. The van der Waals surface area contributed by atoms with Crippen LogP contribution in [0.5, 0.6) is 0 Å². The van der Waals surface area contributed by atoms with E-state index in [1.165, 1.54) is 0 Å². The van der Waals surface area contributed by atoms with Crippen molar-refractivity contribution in [1.29, 1.82) is 0 Å². The van der Waals surface area contributed by atoms with E-state index < -0.39 is 17.5 Å². The Morgan fingerprint density at radius 2 is 2.00 bits per heavy atom. The molecule has 0 spiro atoms. The van der Waals surface area contributed by atoms with Gasteiger partial charge in [0.25, 0.3) is 5.91 Å². The van der Waals surface area contributed by atoms with Gasteiger partial charge in [0.15, 0.2) is 0 Å². The summed E-state index contributed by atoms with van der Waals surface area (Å²) < 4.78 is 26.4. The van der Waals surface area contributed by atoms with E-state index in [2.05, 4.69) is 5.32 Å². The highest BCUT2D eigenvalue weighted by molar-refractivity contribution is 6.21. The summed E-state index contributed by atoms with van der Waals surface area (Å²) in [6, 6.07) is 2.66. The maximum Gasteiger partial charge on any atom is 0.254 e. The fourth-order valence-electron chi connectivity index (χ4n) is 2.17. The van der Waals surface area contributed by atoms with Crippen molar-refractivity contribution in [2.24, 2.45) is 0 Å². The largest absolute Gasteiger partial charge is 0.348 e. The van der Waals surface area contributed by atoms with Gasteiger partial charge in [0, 0.05) is 6.04 Å². The highest BCUT2D eigenvalue weighted by Gasteiger charge is 2.25. The molecule has 0 aromatic heterocycles. The van der Waals surface area contributed by atoms with E-state index in [0.29, 0.717) is 0 Å². The summed E-state index contributed by atoms with van der Waals surface area (Å²) in [6.07, 6.45) is 3.63. The zero-order chi connectivity index (χ0) is 13.1. The Labute approximate surface area is 109 Å². The Hall–Kier alpha value is -1.16. The Morgan fingerprint density at radius 3 is 2.72 bits per heavy atom. The summed E-state index contributed by atoms with van der Waals surface area (Å²) in [5.41, 5.74) is -0.274. The molecule has 1 aliphatic carbocycles. The number of rotatable bonds is 2. The van der Waals surface area contributed by atoms with Crippen LogP contribution in [-0.2, 0) is 0 Å². The molecule has 2 atom stereocenters. The average Bonchev–Trinajstić information content (AvgIpc) is 2.35. The van der Waals surface area contributed by atoms with Crippen LogP contribution in [0.3, 0.4) is 0 Å². The molecular weight excluding hydrogens is 260 g/mol. The Bertz CT molecular complexity index is 453. The maximum atomic E-state index is 13.4. The second-order valence-electron chi connectivity index (χ2n) is 4.50. The molecule has 1 aromatic rings. The molecule has 0 radical (unpaired) electrons. The third kappa shape index (κ3) is 2.99. The van der Waals surface area contributed by atoms with Crippen molar-refractivity contribution in [1.82, 2.24) is 5.32 Å². The molecular formula is C13H14ClF2NO. The van der Waals surface area contributed by atoms with Crippen molar-refractivity contribution in [3.8, 4) is 0 Å². The van der Waals surface area contributed by atoms with Gasteiger partial charge in [-0.15, -0.1) is 11.6 Å². The van der Waals surface area contributed by atoms with Gasteiger partial charge in [0.2, 0.25) is 0 Å². The number of nitrogens with one attached hydrogen (secondary N) is 1. The predicted octanol–water partition coefficient (Wildman–Crippen LogP) is 3.24. The second kappa shape index (κ2) is 5.65. The van der Waals surface area contributed by atoms with E-state index in [0.717, 1.165) is 43.9 Å². The standard InChI is InChI=1S/C13H14ClF2NO/c14-10-3-1-2-4-12(10)17-13(18)9-7-8(15)5-6-11(9)16/h5-7,10,12H,1-4H2,(H,17,18). The predicted molar refractivity (Wildman–Crippen MR) is 65.7 cm³/mol. The monoisotopic (exact) mass is 273 g/mol. The smallest absolute Gasteiger partial charge is 0.254 e. The fourth-order valence-corrected chi connectivity index (χ4v) is 2.51. The number of benzene rings is 1. The summed E-state index contributed by atoms with van der Waals surface area (Å²) in [6.45, 7) is 0. The van der Waals surface area contributed by atoms with Gasteiger partial charge in [0.05, 0.1) is 10.9 Å². The van der Waals surface area contributed by atoms with Crippen LogP contribution in [0.4, 0.5) is 8.78 Å². The molecule has 1 aliphatic rings. The molecule has 1 saturated carbocycles. The topological polar surface area (TPSA) is 29.1 Å². The molecule has 2 nitrogen and oxygen atoms in total. The van der Waals surface area contributed by atoms with Gasteiger partial charge in [-0.2, -0.15) is 0 Å². The van der Waals surface area contributed by atoms with E-state index in [1.807, 2.05) is 0 Å². The Morgan fingerprint density at radius 1 is 1.28 bits per heavy atom. The third-order valence-corrected chi connectivity index (χ3v) is 3.69. The molecule has 1 aromatic carbocycles. The van der Waals surface area contributed by atoms with Crippen LogP contribution in [0.2, 0.25) is 0 Å². The van der Waals surface area contributed by atoms with E-state index in [1.54, 1.807) is 0 Å². The van der Waals surface area contributed by atoms with Crippen molar-refractivity contribution in [3.63, 3.8) is 0 Å². The zero-order valence-electron chi connectivity index (χ0n) is 9.76. The lowest BCUT2D eigenvalue weighted by atomic mass is 9.94. The SMILES string of the molecule is O=C(NC1CCCCC1Cl)c1cc(F)ccc1F. The molecule has 2 rings (SSSR count). The normalized spacial score (nSPS) is 23.7. The van der Waals surface area contributed by atoms with Gasteiger partial charge in [0.1, 0.15) is 11.6 Å². The van der Waals surface area contributed by atoms with Crippen molar-refractivity contribution >= 4 is 17.5 Å². The minimum atomic E-state index is -0.726. The summed E-state index contributed by atoms with van der Waals surface area (Å²) in [5, 5.41) is 2.54. The second-order valence-corrected chi connectivity index (χ2v) is 5.07. The van der Waals surface area contributed by atoms with Gasteiger partial charge >= 0.3 is 0 Å². The van der Waals surface area contributed by atoms with Crippen LogP contribution in [0.15, 0.2) is 18.2 Å². The van der Waals surface area contributed by atoms with Crippen LogP contribution in [0.25, 0.3) is 0 Å².